The van der Waals surface area contributed by atoms with Crippen LogP contribution in [-0.4, -0.2) is 10.9 Å². The van der Waals surface area contributed by atoms with E-state index in [-0.39, 0.29) is 0 Å². The maximum Gasteiger partial charge on any atom is 0.122 e. The molecule has 0 fully saturated rings. The van der Waals surface area contributed by atoms with Crippen LogP contribution in [0, 0.1) is 0 Å². The number of para-hydroxylation sites is 1. The van der Waals surface area contributed by atoms with Gasteiger partial charge in [0.1, 0.15) is 5.75 Å². The summed E-state index contributed by atoms with van der Waals surface area (Å²) in [4.78, 5) is 0. The van der Waals surface area contributed by atoms with Crippen molar-refractivity contribution in [3.63, 3.8) is 0 Å². The van der Waals surface area contributed by atoms with Crippen molar-refractivity contribution in [3.05, 3.63) is 35.2 Å². The average Bonchev–Trinajstić information content (AvgIpc) is 2.39. The maximum atomic E-state index is 9.57. The minimum Gasteiger partial charge on any atom is -0.507 e. The molecule has 0 aliphatic carbocycles. The van der Waals surface area contributed by atoms with Crippen LogP contribution >= 0.6 is 11.8 Å². The zero-order valence-electron chi connectivity index (χ0n) is 11.3. The largest absolute Gasteiger partial charge is 0.507 e. The highest BCUT2D eigenvalue weighted by Crippen LogP contribution is 2.19. The predicted molar refractivity (Wildman–Crippen MR) is 83.0 cm³/mol. The number of rotatable bonds is 9. The SMILES string of the molecule is CCCCCCCCSC=Cc1ccccc1O. The lowest BCUT2D eigenvalue weighted by atomic mass is 10.1. The predicted octanol–water partition coefficient (Wildman–Crippen LogP) is 5.46. The Morgan fingerprint density at radius 2 is 1.78 bits per heavy atom. The van der Waals surface area contributed by atoms with Crippen molar-refractivity contribution >= 4 is 17.8 Å². The van der Waals surface area contributed by atoms with E-state index in [1.54, 1.807) is 6.07 Å². The molecule has 0 saturated heterocycles. The lowest BCUT2D eigenvalue weighted by Gasteiger charge is -1.99. The van der Waals surface area contributed by atoms with Crippen molar-refractivity contribution in [1.82, 2.24) is 0 Å². The third kappa shape index (κ3) is 6.75. The van der Waals surface area contributed by atoms with Crippen LogP contribution in [0.1, 0.15) is 51.0 Å². The van der Waals surface area contributed by atoms with E-state index >= 15 is 0 Å². The van der Waals surface area contributed by atoms with Gasteiger partial charge in [0.15, 0.2) is 0 Å². The van der Waals surface area contributed by atoms with Crippen LogP contribution < -0.4 is 0 Å². The Hall–Kier alpha value is -0.890. The topological polar surface area (TPSA) is 20.2 Å². The van der Waals surface area contributed by atoms with Gasteiger partial charge in [-0.1, -0.05) is 57.2 Å². The molecule has 0 bridgehead atoms. The summed E-state index contributed by atoms with van der Waals surface area (Å²) in [5.74, 6) is 1.53. The van der Waals surface area contributed by atoms with Crippen LogP contribution in [0.2, 0.25) is 0 Å². The fraction of sp³-hybridized carbons (Fsp3) is 0.500. The Kier molecular flexibility index (Phi) is 8.49. The van der Waals surface area contributed by atoms with E-state index in [1.807, 2.05) is 36.0 Å². The molecular weight excluding hydrogens is 240 g/mol. The van der Waals surface area contributed by atoms with Crippen LogP contribution in [0.3, 0.4) is 0 Å². The molecule has 18 heavy (non-hydrogen) atoms. The van der Waals surface area contributed by atoms with E-state index in [0.717, 1.165) is 5.56 Å². The summed E-state index contributed by atoms with van der Waals surface area (Å²) in [7, 11) is 0. The quantitative estimate of drug-likeness (QED) is 0.598. The first-order valence-electron chi connectivity index (χ1n) is 6.90. The van der Waals surface area contributed by atoms with Crippen LogP contribution in [-0.2, 0) is 0 Å². The van der Waals surface area contributed by atoms with E-state index in [4.69, 9.17) is 0 Å². The van der Waals surface area contributed by atoms with Gasteiger partial charge in [0, 0.05) is 5.56 Å². The first-order valence-corrected chi connectivity index (χ1v) is 7.95. The van der Waals surface area contributed by atoms with Crippen molar-refractivity contribution in [2.75, 3.05) is 5.75 Å². The second-order valence-corrected chi connectivity index (χ2v) is 5.51. The Morgan fingerprint density at radius 1 is 1.06 bits per heavy atom. The summed E-state index contributed by atoms with van der Waals surface area (Å²) in [6.45, 7) is 2.25. The molecule has 0 aliphatic heterocycles. The van der Waals surface area contributed by atoms with E-state index < -0.39 is 0 Å². The summed E-state index contributed by atoms with van der Waals surface area (Å²) < 4.78 is 0. The van der Waals surface area contributed by atoms with E-state index in [9.17, 15) is 5.11 Å². The molecule has 1 rings (SSSR count). The molecular formula is C16H24OS. The Bertz CT molecular complexity index is 347. The van der Waals surface area contributed by atoms with Crippen molar-refractivity contribution in [3.8, 4) is 5.75 Å². The van der Waals surface area contributed by atoms with Crippen LogP contribution in [0.15, 0.2) is 29.7 Å². The Balaban J connectivity index is 2.06. The summed E-state index contributed by atoms with van der Waals surface area (Å²) in [6.07, 6.45) is 10.1. The van der Waals surface area contributed by atoms with Crippen LogP contribution in [0.25, 0.3) is 6.08 Å². The van der Waals surface area contributed by atoms with Gasteiger partial charge in [-0.05, 0) is 29.7 Å². The third-order valence-electron chi connectivity index (χ3n) is 2.90. The molecule has 1 N–H and O–H groups in total. The van der Waals surface area contributed by atoms with Crippen molar-refractivity contribution < 1.29 is 5.11 Å². The van der Waals surface area contributed by atoms with Gasteiger partial charge in [-0.3, -0.25) is 0 Å². The Morgan fingerprint density at radius 3 is 2.56 bits per heavy atom. The summed E-state index contributed by atoms with van der Waals surface area (Å²) in [5.41, 5.74) is 0.896. The molecule has 0 saturated carbocycles. The second-order valence-electron chi connectivity index (χ2n) is 4.50. The molecule has 0 aromatic heterocycles. The van der Waals surface area contributed by atoms with Crippen LogP contribution in [0.5, 0.6) is 5.75 Å². The molecule has 100 valence electrons. The first-order chi connectivity index (χ1) is 8.84. The highest BCUT2D eigenvalue weighted by molar-refractivity contribution is 8.02. The van der Waals surface area contributed by atoms with Crippen LogP contribution in [0.4, 0.5) is 0 Å². The van der Waals surface area contributed by atoms with E-state index in [1.165, 1.54) is 44.3 Å². The number of thioether (sulfide) groups is 1. The summed E-state index contributed by atoms with van der Waals surface area (Å²) in [6, 6.07) is 7.43. The molecule has 0 unspecified atom stereocenters. The van der Waals surface area contributed by atoms with Crippen molar-refractivity contribution in [2.24, 2.45) is 0 Å². The number of hydrogen-bond acceptors (Lipinski definition) is 2. The fourth-order valence-corrected chi connectivity index (χ4v) is 2.53. The normalized spacial score (nSPS) is 11.2. The second kappa shape index (κ2) is 10.1. The van der Waals surface area contributed by atoms with Crippen molar-refractivity contribution in [2.45, 2.75) is 45.4 Å². The van der Waals surface area contributed by atoms with Gasteiger partial charge in [0.05, 0.1) is 0 Å². The van der Waals surface area contributed by atoms with Gasteiger partial charge < -0.3 is 5.11 Å². The van der Waals surface area contributed by atoms with Gasteiger partial charge in [-0.2, -0.15) is 0 Å². The standard InChI is InChI=1S/C16H24OS/c1-2-3-4-5-6-9-13-18-14-12-15-10-7-8-11-16(15)17/h7-8,10-12,14,17H,2-6,9,13H2,1H3. The molecule has 0 amide bonds. The summed E-state index contributed by atoms with van der Waals surface area (Å²) >= 11 is 1.83. The average molecular weight is 264 g/mol. The van der Waals surface area contributed by atoms with Gasteiger partial charge in [0.2, 0.25) is 0 Å². The highest BCUT2D eigenvalue weighted by Gasteiger charge is 1.93. The van der Waals surface area contributed by atoms with Crippen molar-refractivity contribution in [1.29, 1.82) is 0 Å². The molecule has 0 atom stereocenters. The first kappa shape index (κ1) is 15.2. The number of phenols is 1. The molecule has 2 heteroatoms. The maximum absolute atomic E-state index is 9.57. The Labute approximate surface area is 115 Å². The molecule has 0 aliphatic rings. The molecule has 1 nitrogen and oxygen atoms in total. The number of aromatic hydroxyl groups is 1. The van der Waals surface area contributed by atoms with Gasteiger partial charge in [0.25, 0.3) is 0 Å². The minimum atomic E-state index is 0.355. The fourth-order valence-electron chi connectivity index (χ4n) is 1.78. The highest BCUT2D eigenvalue weighted by atomic mass is 32.2. The van der Waals surface area contributed by atoms with Gasteiger partial charge >= 0.3 is 0 Å². The molecule has 0 heterocycles. The molecule has 0 radical (unpaired) electrons. The smallest absolute Gasteiger partial charge is 0.122 e. The lowest BCUT2D eigenvalue weighted by molar-refractivity contribution is 0.474. The zero-order chi connectivity index (χ0) is 13.1. The number of benzene rings is 1. The third-order valence-corrected chi connectivity index (χ3v) is 3.75. The van der Waals surface area contributed by atoms with Gasteiger partial charge in [-0.25, -0.2) is 0 Å². The molecule has 0 spiro atoms. The number of phenolic OH excluding ortho intramolecular Hbond substituents is 1. The van der Waals surface area contributed by atoms with E-state index in [0.29, 0.717) is 5.75 Å². The minimum absolute atomic E-state index is 0.355. The monoisotopic (exact) mass is 264 g/mol. The lowest BCUT2D eigenvalue weighted by Crippen LogP contribution is -1.80. The molecule has 1 aromatic carbocycles. The van der Waals surface area contributed by atoms with E-state index in [2.05, 4.69) is 12.3 Å². The molecule has 1 aromatic rings. The van der Waals surface area contributed by atoms with Gasteiger partial charge in [-0.15, -0.1) is 11.8 Å². The summed E-state index contributed by atoms with van der Waals surface area (Å²) in [5, 5.41) is 11.7. The number of unbranched alkanes of at least 4 members (excludes halogenated alkanes) is 5. The zero-order valence-corrected chi connectivity index (χ0v) is 12.1. The number of hydrogen-bond donors (Lipinski definition) is 1.